The average Bonchev–Trinajstić information content (AvgIpc) is 2.57. The van der Waals surface area contributed by atoms with E-state index in [0.717, 1.165) is 103 Å². The molecule has 3 heterocycles. The van der Waals surface area contributed by atoms with E-state index in [1.54, 1.807) is 6.08 Å². The number of hydrogen-bond acceptors (Lipinski definition) is 18. The SMILES string of the molecule is CC/C=C\C/C=C\C/C=C\C/C=C\C/C=C\C/C=C\C/C=C\C/C=C\CCCCCCC(=O)NC(COC1OC(CO)C(OC2OC(CO)C(OC3OC(CO)C(O)C(O)C3O)C(O)C2O)C(O)C1O)C(O)/C=C/CC/C=C/CC/C=C/CCCCCC. The molecule has 0 aromatic carbocycles. The maximum atomic E-state index is 13.4. The van der Waals surface area contributed by atoms with Gasteiger partial charge in [0.25, 0.3) is 0 Å². The maximum absolute atomic E-state index is 13.4. The number of carbonyl (C=O) groups is 1. The number of carbonyl (C=O) groups excluding carboxylic acids is 1. The van der Waals surface area contributed by atoms with E-state index in [-0.39, 0.29) is 12.3 Å². The molecule has 0 aromatic rings. The molecular weight excluding hydrogens is 1130 g/mol. The van der Waals surface area contributed by atoms with Crippen LogP contribution < -0.4 is 5.32 Å². The monoisotopic (exact) mass is 1240 g/mol. The Labute approximate surface area is 524 Å². The van der Waals surface area contributed by atoms with Crippen molar-refractivity contribution in [1.29, 1.82) is 0 Å². The molecule has 3 fully saturated rings. The Morgan fingerprint density at radius 3 is 1.26 bits per heavy atom. The van der Waals surface area contributed by atoms with Gasteiger partial charge in [-0.05, 0) is 109 Å². The van der Waals surface area contributed by atoms with E-state index < -0.39 is 131 Å². The summed E-state index contributed by atoms with van der Waals surface area (Å²) in [4.78, 5) is 13.4. The van der Waals surface area contributed by atoms with Crippen molar-refractivity contribution in [2.75, 3.05) is 26.4 Å². The van der Waals surface area contributed by atoms with Crippen LogP contribution in [0.15, 0.2) is 134 Å². The molecule has 3 aliphatic heterocycles. The van der Waals surface area contributed by atoms with Crippen LogP contribution in [0, 0.1) is 0 Å². The molecule has 0 radical (unpaired) electrons. The van der Waals surface area contributed by atoms with Gasteiger partial charge in [0.05, 0.1) is 38.6 Å². The highest BCUT2D eigenvalue weighted by Crippen LogP contribution is 2.33. The smallest absolute Gasteiger partial charge is 0.220 e. The molecule has 0 saturated carbocycles. The van der Waals surface area contributed by atoms with Gasteiger partial charge in [-0.2, -0.15) is 0 Å². The Morgan fingerprint density at radius 1 is 0.420 bits per heavy atom. The molecule has 3 saturated heterocycles. The minimum Gasteiger partial charge on any atom is -0.394 e. The molecule has 17 unspecified atom stereocenters. The van der Waals surface area contributed by atoms with Crippen LogP contribution in [0.5, 0.6) is 0 Å². The fraction of sp³-hybridized carbons (Fsp3) is 0.667. The van der Waals surface area contributed by atoms with Crippen LogP contribution in [0.3, 0.4) is 0 Å². The van der Waals surface area contributed by atoms with E-state index >= 15 is 0 Å². The molecule has 0 aliphatic carbocycles. The Hall–Kier alpha value is -4.07. The minimum atomic E-state index is -1.99. The van der Waals surface area contributed by atoms with Crippen molar-refractivity contribution in [3.05, 3.63) is 134 Å². The third kappa shape index (κ3) is 31.8. The highest BCUT2D eigenvalue weighted by atomic mass is 16.8. The topological polar surface area (TPSA) is 307 Å². The summed E-state index contributed by atoms with van der Waals surface area (Å²) in [5, 5.41) is 120. The summed E-state index contributed by atoms with van der Waals surface area (Å²) >= 11 is 0. The van der Waals surface area contributed by atoms with Crippen molar-refractivity contribution < 1.29 is 89.4 Å². The first-order valence-electron chi connectivity index (χ1n) is 32.4. The molecule has 500 valence electrons. The lowest BCUT2D eigenvalue weighted by Gasteiger charge is -2.48. The average molecular weight is 1240 g/mol. The van der Waals surface area contributed by atoms with Crippen LogP contribution in [-0.4, -0.2) is 193 Å². The highest BCUT2D eigenvalue weighted by molar-refractivity contribution is 5.76. The molecule has 0 bridgehead atoms. The van der Waals surface area contributed by atoms with E-state index in [0.29, 0.717) is 12.8 Å². The summed E-state index contributed by atoms with van der Waals surface area (Å²) in [7, 11) is 0. The zero-order valence-corrected chi connectivity index (χ0v) is 52.4. The van der Waals surface area contributed by atoms with Crippen LogP contribution in [0.25, 0.3) is 0 Å². The number of nitrogens with one attached hydrogen (secondary N) is 1. The predicted molar refractivity (Wildman–Crippen MR) is 341 cm³/mol. The molecule has 17 atom stereocenters. The first kappa shape index (κ1) is 78.2. The van der Waals surface area contributed by atoms with Crippen LogP contribution in [0.1, 0.15) is 162 Å². The molecule has 1 amide bonds. The fourth-order valence-corrected chi connectivity index (χ4v) is 9.88. The Kier molecular flexibility index (Phi) is 44.1. The van der Waals surface area contributed by atoms with Gasteiger partial charge >= 0.3 is 0 Å². The highest BCUT2D eigenvalue weighted by Gasteiger charge is 2.53. The van der Waals surface area contributed by atoms with Crippen molar-refractivity contribution >= 4 is 5.91 Å². The molecule has 0 spiro atoms. The van der Waals surface area contributed by atoms with Crippen LogP contribution in [-0.2, 0) is 33.2 Å². The summed E-state index contributed by atoms with van der Waals surface area (Å²) in [6, 6.07) is -1.02. The number of rotatable bonds is 46. The second-order valence-corrected chi connectivity index (χ2v) is 22.5. The molecule has 3 rings (SSSR count). The van der Waals surface area contributed by atoms with Crippen molar-refractivity contribution in [2.45, 2.75) is 266 Å². The van der Waals surface area contributed by atoms with E-state index in [1.807, 2.05) is 6.08 Å². The van der Waals surface area contributed by atoms with Crippen molar-refractivity contribution in [3.63, 3.8) is 0 Å². The normalized spacial score (nSPS) is 29.3. The number of amides is 1. The lowest BCUT2D eigenvalue weighted by molar-refractivity contribution is -0.379. The Bertz CT molecular complexity index is 2120. The van der Waals surface area contributed by atoms with Crippen LogP contribution in [0.2, 0.25) is 0 Å². The number of ether oxygens (including phenoxy) is 6. The second-order valence-electron chi connectivity index (χ2n) is 22.5. The van der Waals surface area contributed by atoms with Crippen LogP contribution >= 0.6 is 0 Å². The first-order chi connectivity index (χ1) is 42.8. The minimum absolute atomic E-state index is 0.192. The molecule has 0 aromatic heterocycles. The van der Waals surface area contributed by atoms with Gasteiger partial charge in [0, 0.05) is 6.42 Å². The predicted octanol–water partition coefficient (Wildman–Crippen LogP) is 7.43. The quantitative estimate of drug-likeness (QED) is 0.0208. The number of hydrogen-bond donors (Lipinski definition) is 12. The van der Waals surface area contributed by atoms with Gasteiger partial charge in [0.2, 0.25) is 5.91 Å². The number of allylic oxidation sites excluding steroid dienone is 21. The second kappa shape index (κ2) is 49.6. The maximum Gasteiger partial charge on any atom is 0.220 e. The number of unbranched alkanes of at least 4 members (excludes halogenated alkanes) is 10. The third-order valence-corrected chi connectivity index (χ3v) is 15.2. The van der Waals surface area contributed by atoms with Gasteiger partial charge in [-0.15, -0.1) is 0 Å². The van der Waals surface area contributed by atoms with Gasteiger partial charge in [-0.3, -0.25) is 4.79 Å². The molecule has 19 nitrogen and oxygen atoms in total. The lowest BCUT2D eigenvalue weighted by atomic mass is 9.96. The zero-order chi connectivity index (χ0) is 64.0. The summed E-state index contributed by atoms with van der Waals surface area (Å²) in [6.07, 6.45) is 41.4. The first-order valence-corrected chi connectivity index (χ1v) is 32.4. The van der Waals surface area contributed by atoms with Gasteiger partial charge < -0.3 is 89.9 Å². The number of aliphatic hydroxyl groups is 11. The van der Waals surface area contributed by atoms with E-state index in [1.165, 1.54) is 25.7 Å². The largest absolute Gasteiger partial charge is 0.394 e. The molecule has 19 heteroatoms. The van der Waals surface area contributed by atoms with Crippen molar-refractivity contribution in [3.8, 4) is 0 Å². The molecule has 88 heavy (non-hydrogen) atoms. The summed E-state index contributed by atoms with van der Waals surface area (Å²) in [5.41, 5.74) is 0. The third-order valence-electron chi connectivity index (χ3n) is 15.2. The van der Waals surface area contributed by atoms with E-state index in [2.05, 4.69) is 141 Å². The molecular formula is C69H111NO18. The van der Waals surface area contributed by atoms with E-state index in [4.69, 9.17) is 28.4 Å². The molecule has 12 N–H and O–H groups in total. The lowest BCUT2D eigenvalue weighted by Crippen LogP contribution is -2.66. The Morgan fingerprint density at radius 2 is 0.795 bits per heavy atom. The summed E-state index contributed by atoms with van der Waals surface area (Å²) < 4.78 is 34.2. The summed E-state index contributed by atoms with van der Waals surface area (Å²) in [6.45, 7) is 1.50. The number of aliphatic hydroxyl groups excluding tert-OH is 11. The van der Waals surface area contributed by atoms with Gasteiger partial charge in [0.15, 0.2) is 18.9 Å². The van der Waals surface area contributed by atoms with Gasteiger partial charge in [-0.25, -0.2) is 0 Å². The van der Waals surface area contributed by atoms with E-state index in [9.17, 15) is 61.0 Å². The van der Waals surface area contributed by atoms with Crippen LogP contribution in [0.4, 0.5) is 0 Å². The molecule has 3 aliphatic rings. The van der Waals surface area contributed by atoms with Crippen molar-refractivity contribution in [1.82, 2.24) is 5.32 Å². The zero-order valence-electron chi connectivity index (χ0n) is 52.4. The summed E-state index contributed by atoms with van der Waals surface area (Å²) in [5.74, 6) is -0.322. The van der Waals surface area contributed by atoms with Gasteiger partial charge in [-0.1, -0.05) is 180 Å². The van der Waals surface area contributed by atoms with Gasteiger partial charge in [0.1, 0.15) is 73.2 Å². The van der Waals surface area contributed by atoms with Crippen molar-refractivity contribution in [2.24, 2.45) is 0 Å². The fourth-order valence-electron chi connectivity index (χ4n) is 9.88. The Balaban J connectivity index is 1.46. The standard InChI is InChI=1S/C69H111NO18/c1-3-5-7-9-11-13-15-17-19-20-21-22-23-24-25-26-27-28-29-30-31-32-33-35-37-39-41-43-45-47-57(75)70-52(53(74)46-44-42-40-38-36-34-18-16-14-12-10-8-6-4-2)51-83-67-63(81)60(78)65(55(49-72)85-67)88-69-64(82)61(79)66(56(50-73)86-69)87-68-62(80)59(77)58(76)54(48-71)84-68/h5,7,11,13-14,16-17,19,21-22,24-25,27-28,30-31,33,35-36,38,44,46,52-56,58-69,71-74,76-82H,3-4,6,8-10,12,15,18,20,23,26,29,32,34,37,39-43,45,47-51H2,1-2H3,(H,70,75)/b7-5-,13-11-,16-14+,19-17-,22-21-,25-24-,28-27-,31-30-,35-33-,38-36+,46-44+.